The molecule has 6 nitrogen and oxygen atoms in total. The monoisotopic (exact) mass is 260 g/mol. The molecule has 0 bridgehead atoms. The zero-order chi connectivity index (χ0) is 13.8. The Kier molecular flexibility index (Phi) is 3.70. The number of nitrogens with zero attached hydrogens (tertiary/aromatic N) is 1. The number of rotatable bonds is 4. The van der Waals surface area contributed by atoms with Gasteiger partial charge in [0.1, 0.15) is 11.5 Å². The highest BCUT2D eigenvalue weighted by atomic mass is 16.5. The molecule has 1 heterocycles. The Labute approximate surface area is 111 Å². The summed E-state index contributed by atoms with van der Waals surface area (Å²) in [7, 11) is 1.59. The molecule has 2 rings (SSSR count). The first-order valence-corrected chi connectivity index (χ1v) is 5.88. The molecule has 0 spiro atoms. The summed E-state index contributed by atoms with van der Waals surface area (Å²) in [6, 6.07) is 6.92. The largest absolute Gasteiger partial charge is 0.397 e. The average molecular weight is 260 g/mol. The molecular weight excluding hydrogens is 244 g/mol. The third-order valence-corrected chi connectivity index (χ3v) is 2.68. The minimum atomic E-state index is -0.152. The number of nitrogen functional groups attached to an aromatic ring is 1. The van der Waals surface area contributed by atoms with Gasteiger partial charge in [-0.25, -0.2) is 0 Å². The molecule has 1 amide bonds. The molecule has 1 aromatic carbocycles. The highest BCUT2D eigenvalue weighted by Crippen LogP contribution is 2.20. The molecule has 2 aromatic rings. The maximum Gasteiger partial charge on any atom is 0.251 e. The van der Waals surface area contributed by atoms with E-state index in [0.717, 1.165) is 11.5 Å². The summed E-state index contributed by atoms with van der Waals surface area (Å²) >= 11 is 0. The normalized spacial score (nSPS) is 10.2. The van der Waals surface area contributed by atoms with Crippen LogP contribution < -0.4 is 16.4 Å². The minimum Gasteiger partial charge on any atom is -0.397 e. The molecule has 0 fully saturated rings. The summed E-state index contributed by atoms with van der Waals surface area (Å²) in [5, 5.41) is 9.58. The second-order valence-corrected chi connectivity index (χ2v) is 4.16. The van der Waals surface area contributed by atoms with Gasteiger partial charge in [0.25, 0.3) is 5.91 Å². The van der Waals surface area contributed by atoms with E-state index in [2.05, 4.69) is 15.8 Å². The second kappa shape index (κ2) is 5.43. The molecule has 0 saturated heterocycles. The molecular formula is C13H16N4O2. The SMILES string of the molecule is CNC(=O)c1ccc(N)c(NCc2cc(C)on2)c1. The molecule has 1 aromatic heterocycles. The van der Waals surface area contributed by atoms with Crippen LogP contribution in [0.2, 0.25) is 0 Å². The second-order valence-electron chi connectivity index (χ2n) is 4.16. The first-order valence-electron chi connectivity index (χ1n) is 5.88. The molecule has 0 aliphatic rings. The van der Waals surface area contributed by atoms with E-state index in [1.807, 2.05) is 13.0 Å². The van der Waals surface area contributed by atoms with E-state index in [0.29, 0.717) is 23.5 Å². The molecule has 0 aliphatic heterocycles. The zero-order valence-corrected chi connectivity index (χ0v) is 10.9. The molecule has 19 heavy (non-hydrogen) atoms. The van der Waals surface area contributed by atoms with Crippen LogP contribution in [0.25, 0.3) is 0 Å². The van der Waals surface area contributed by atoms with Crippen LogP contribution in [0.5, 0.6) is 0 Å². The molecule has 100 valence electrons. The highest BCUT2D eigenvalue weighted by Gasteiger charge is 2.07. The Hall–Kier alpha value is -2.50. The molecule has 0 saturated carbocycles. The standard InChI is InChI=1S/C13H16N4O2/c1-8-5-10(17-19-8)7-16-12-6-9(13(18)15-2)3-4-11(12)14/h3-6,16H,7,14H2,1-2H3,(H,15,18). The van der Waals surface area contributed by atoms with Gasteiger partial charge < -0.3 is 20.9 Å². The topological polar surface area (TPSA) is 93.2 Å². The van der Waals surface area contributed by atoms with Gasteiger partial charge in [-0.1, -0.05) is 5.16 Å². The number of aromatic nitrogens is 1. The van der Waals surface area contributed by atoms with Crippen molar-refractivity contribution in [1.82, 2.24) is 10.5 Å². The van der Waals surface area contributed by atoms with E-state index in [-0.39, 0.29) is 5.91 Å². The van der Waals surface area contributed by atoms with Crippen LogP contribution in [-0.2, 0) is 6.54 Å². The van der Waals surface area contributed by atoms with Gasteiger partial charge in [0.05, 0.1) is 17.9 Å². The smallest absolute Gasteiger partial charge is 0.251 e. The number of benzene rings is 1. The quantitative estimate of drug-likeness (QED) is 0.725. The van der Waals surface area contributed by atoms with Gasteiger partial charge in [0.2, 0.25) is 0 Å². The van der Waals surface area contributed by atoms with Crippen LogP contribution in [0, 0.1) is 6.92 Å². The molecule has 0 aliphatic carbocycles. The minimum absolute atomic E-state index is 0.152. The summed E-state index contributed by atoms with van der Waals surface area (Å²) in [6.45, 7) is 2.32. The molecule has 6 heteroatoms. The summed E-state index contributed by atoms with van der Waals surface area (Å²) in [5.41, 5.74) is 8.47. The van der Waals surface area contributed by atoms with Gasteiger partial charge >= 0.3 is 0 Å². The van der Waals surface area contributed by atoms with Crippen molar-refractivity contribution in [3.8, 4) is 0 Å². The Bertz CT molecular complexity index is 592. The van der Waals surface area contributed by atoms with Crippen LogP contribution in [-0.4, -0.2) is 18.1 Å². The number of nitrogens with two attached hydrogens (primary N) is 1. The lowest BCUT2D eigenvalue weighted by atomic mass is 10.1. The van der Waals surface area contributed by atoms with Gasteiger partial charge in [-0.2, -0.15) is 0 Å². The van der Waals surface area contributed by atoms with E-state index in [1.165, 1.54) is 0 Å². The lowest BCUT2D eigenvalue weighted by Gasteiger charge is -2.09. The number of hydrogen-bond acceptors (Lipinski definition) is 5. The van der Waals surface area contributed by atoms with Gasteiger partial charge in [-0.3, -0.25) is 4.79 Å². The maximum atomic E-state index is 11.5. The number of carbonyl (C=O) groups excluding carboxylic acids is 1. The van der Waals surface area contributed by atoms with Crippen LogP contribution in [0.15, 0.2) is 28.8 Å². The van der Waals surface area contributed by atoms with E-state index in [4.69, 9.17) is 10.3 Å². The van der Waals surface area contributed by atoms with Crippen LogP contribution in [0.3, 0.4) is 0 Å². The highest BCUT2D eigenvalue weighted by molar-refractivity contribution is 5.96. The summed E-state index contributed by atoms with van der Waals surface area (Å²) < 4.78 is 4.98. The van der Waals surface area contributed by atoms with Crippen molar-refractivity contribution < 1.29 is 9.32 Å². The molecule has 0 atom stereocenters. The Balaban J connectivity index is 2.12. The average Bonchev–Trinajstić information content (AvgIpc) is 2.82. The van der Waals surface area contributed by atoms with Crippen molar-refractivity contribution in [2.24, 2.45) is 0 Å². The Morgan fingerprint density at radius 2 is 2.21 bits per heavy atom. The first kappa shape index (κ1) is 12.9. The lowest BCUT2D eigenvalue weighted by molar-refractivity contribution is 0.0963. The van der Waals surface area contributed by atoms with E-state index in [9.17, 15) is 4.79 Å². The van der Waals surface area contributed by atoms with E-state index < -0.39 is 0 Å². The van der Waals surface area contributed by atoms with Crippen LogP contribution in [0.1, 0.15) is 21.8 Å². The number of carbonyl (C=O) groups is 1. The fourth-order valence-electron chi connectivity index (χ4n) is 1.68. The van der Waals surface area contributed by atoms with Crippen LogP contribution >= 0.6 is 0 Å². The third-order valence-electron chi connectivity index (χ3n) is 2.68. The van der Waals surface area contributed by atoms with Crippen molar-refractivity contribution >= 4 is 17.3 Å². The van der Waals surface area contributed by atoms with Crippen molar-refractivity contribution in [3.63, 3.8) is 0 Å². The van der Waals surface area contributed by atoms with Crippen molar-refractivity contribution in [3.05, 3.63) is 41.3 Å². The molecule has 0 radical (unpaired) electrons. The van der Waals surface area contributed by atoms with Crippen molar-refractivity contribution in [2.75, 3.05) is 18.1 Å². The third kappa shape index (κ3) is 3.04. The van der Waals surface area contributed by atoms with Crippen molar-refractivity contribution in [1.29, 1.82) is 0 Å². The van der Waals surface area contributed by atoms with E-state index in [1.54, 1.807) is 25.2 Å². The fraction of sp³-hybridized carbons (Fsp3) is 0.231. The Morgan fingerprint density at radius 3 is 2.84 bits per heavy atom. The van der Waals surface area contributed by atoms with Gasteiger partial charge in [-0.15, -0.1) is 0 Å². The molecule has 0 unspecified atom stereocenters. The summed E-state index contributed by atoms with van der Waals surface area (Å²) in [4.78, 5) is 11.5. The predicted molar refractivity (Wildman–Crippen MR) is 72.8 cm³/mol. The number of hydrogen-bond donors (Lipinski definition) is 3. The fourth-order valence-corrected chi connectivity index (χ4v) is 1.68. The first-order chi connectivity index (χ1) is 9.10. The summed E-state index contributed by atoms with van der Waals surface area (Å²) in [6.07, 6.45) is 0. The number of aryl methyl sites for hydroxylation is 1. The van der Waals surface area contributed by atoms with E-state index >= 15 is 0 Å². The van der Waals surface area contributed by atoms with Crippen LogP contribution in [0.4, 0.5) is 11.4 Å². The number of anilines is 2. The predicted octanol–water partition coefficient (Wildman–Crippen LogP) is 1.54. The maximum absolute atomic E-state index is 11.5. The lowest BCUT2D eigenvalue weighted by Crippen LogP contribution is -2.18. The summed E-state index contributed by atoms with van der Waals surface area (Å²) in [5.74, 6) is 0.601. The molecule has 4 N–H and O–H groups in total. The number of amides is 1. The van der Waals surface area contributed by atoms with Gasteiger partial charge in [0, 0.05) is 18.7 Å². The van der Waals surface area contributed by atoms with Gasteiger partial charge in [0.15, 0.2) is 0 Å². The van der Waals surface area contributed by atoms with Crippen molar-refractivity contribution in [2.45, 2.75) is 13.5 Å². The van der Waals surface area contributed by atoms with Gasteiger partial charge in [-0.05, 0) is 25.1 Å². The zero-order valence-electron chi connectivity index (χ0n) is 10.9. The number of nitrogens with one attached hydrogen (secondary N) is 2. The Morgan fingerprint density at radius 1 is 1.42 bits per heavy atom.